The highest BCUT2D eigenvalue weighted by molar-refractivity contribution is 6.42. The van der Waals surface area contributed by atoms with E-state index in [0.29, 0.717) is 23.3 Å². The van der Waals surface area contributed by atoms with Crippen LogP contribution in [0.3, 0.4) is 0 Å². The molecule has 1 aromatic rings. The van der Waals surface area contributed by atoms with Crippen molar-refractivity contribution in [1.82, 2.24) is 5.32 Å². The number of hydrogen-bond donors (Lipinski definition) is 1. The minimum atomic E-state index is -0.137. The van der Waals surface area contributed by atoms with Crippen LogP contribution in [0.25, 0.3) is 0 Å². The maximum Gasteiger partial charge on any atom is 0.159 e. The first kappa shape index (κ1) is 13.1. The molecule has 1 aliphatic heterocycles. The normalized spacial score (nSPS) is 18.5. The Bertz CT molecular complexity index is 381. The summed E-state index contributed by atoms with van der Waals surface area (Å²) in [4.78, 5) is 0. The van der Waals surface area contributed by atoms with E-state index in [0.717, 1.165) is 12.0 Å². The molecule has 0 bridgehead atoms. The Hall–Kier alpha value is -0.320. The molecule has 3 nitrogen and oxygen atoms in total. The molecule has 94 valence electrons. The lowest BCUT2D eigenvalue weighted by molar-refractivity contribution is -0.0526. The van der Waals surface area contributed by atoms with Gasteiger partial charge in [-0.3, -0.25) is 0 Å². The molecule has 0 spiro atoms. The van der Waals surface area contributed by atoms with Gasteiger partial charge in [0.05, 0.1) is 23.3 Å². The first-order valence-electron chi connectivity index (χ1n) is 5.56. The zero-order chi connectivity index (χ0) is 12.3. The minimum absolute atomic E-state index is 0.137. The van der Waals surface area contributed by atoms with E-state index in [2.05, 4.69) is 5.32 Å². The molecular formula is C12H15Cl2NO2. The van der Waals surface area contributed by atoms with Crippen molar-refractivity contribution < 1.29 is 9.47 Å². The maximum absolute atomic E-state index is 6.01. The first-order chi connectivity index (χ1) is 8.20. The van der Waals surface area contributed by atoms with Crippen LogP contribution in [0.1, 0.15) is 18.0 Å². The Morgan fingerprint density at radius 1 is 1.29 bits per heavy atom. The van der Waals surface area contributed by atoms with E-state index >= 15 is 0 Å². The van der Waals surface area contributed by atoms with Gasteiger partial charge in [0, 0.05) is 12.5 Å². The summed E-state index contributed by atoms with van der Waals surface area (Å²) in [5.41, 5.74) is 1.08. The SMILES string of the molecule is CNC(CC1OCCO1)c1ccc(Cl)c(Cl)c1. The Labute approximate surface area is 111 Å². The molecule has 0 amide bonds. The summed E-state index contributed by atoms with van der Waals surface area (Å²) < 4.78 is 10.9. The molecular weight excluding hydrogens is 261 g/mol. The molecule has 1 atom stereocenters. The third-order valence-electron chi connectivity index (χ3n) is 2.81. The van der Waals surface area contributed by atoms with Gasteiger partial charge in [-0.05, 0) is 24.7 Å². The van der Waals surface area contributed by atoms with E-state index in [1.807, 2.05) is 19.2 Å². The van der Waals surface area contributed by atoms with Crippen LogP contribution in [0, 0.1) is 0 Å². The van der Waals surface area contributed by atoms with Crippen LogP contribution in [0.4, 0.5) is 0 Å². The predicted octanol–water partition coefficient (Wildman–Crippen LogP) is 3.02. The number of benzene rings is 1. The van der Waals surface area contributed by atoms with Crippen molar-refractivity contribution in [3.05, 3.63) is 33.8 Å². The molecule has 1 aliphatic rings. The van der Waals surface area contributed by atoms with Crippen LogP contribution in [-0.2, 0) is 9.47 Å². The fourth-order valence-electron chi connectivity index (χ4n) is 1.89. The monoisotopic (exact) mass is 275 g/mol. The highest BCUT2D eigenvalue weighted by atomic mass is 35.5. The highest BCUT2D eigenvalue weighted by Crippen LogP contribution is 2.28. The molecule has 0 aromatic heterocycles. The molecule has 0 radical (unpaired) electrons. The van der Waals surface area contributed by atoms with E-state index in [4.69, 9.17) is 32.7 Å². The zero-order valence-electron chi connectivity index (χ0n) is 9.58. The highest BCUT2D eigenvalue weighted by Gasteiger charge is 2.21. The van der Waals surface area contributed by atoms with Crippen LogP contribution in [0.15, 0.2) is 18.2 Å². The standard InChI is InChI=1S/C12H15Cl2NO2/c1-15-11(7-12-16-4-5-17-12)8-2-3-9(13)10(14)6-8/h2-3,6,11-12,15H,4-5,7H2,1H3. The summed E-state index contributed by atoms with van der Waals surface area (Å²) in [6.45, 7) is 1.34. The largest absolute Gasteiger partial charge is 0.350 e. The molecule has 5 heteroatoms. The fraction of sp³-hybridized carbons (Fsp3) is 0.500. The van der Waals surface area contributed by atoms with E-state index in [9.17, 15) is 0 Å². The number of nitrogens with one attached hydrogen (secondary N) is 1. The van der Waals surface area contributed by atoms with Crippen molar-refractivity contribution in [2.45, 2.75) is 18.8 Å². The predicted molar refractivity (Wildman–Crippen MR) is 68.6 cm³/mol. The second-order valence-electron chi connectivity index (χ2n) is 3.92. The van der Waals surface area contributed by atoms with Crippen LogP contribution < -0.4 is 5.32 Å². The Balaban J connectivity index is 2.08. The van der Waals surface area contributed by atoms with Crippen molar-refractivity contribution in [2.24, 2.45) is 0 Å². The van der Waals surface area contributed by atoms with Crippen molar-refractivity contribution in [1.29, 1.82) is 0 Å². The van der Waals surface area contributed by atoms with E-state index in [1.54, 1.807) is 6.07 Å². The average molecular weight is 276 g/mol. The lowest BCUT2D eigenvalue weighted by Gasteiger charge is -2.20. The molecule has 1 fully saturated rings. The van der Waals surface area contributed by atoms with Crippen molar-refractivity contribution in [3.8, 4) is 0 Å². The summed E-state index contributed by atoms with van der Waals surface area (Å²) in [6.07, 6.45) is 0.621. The molecule has 1 unspecified atom stereocenters. The van der Waals surface area contributed by atoms with Crippen LogP contribution in [-0.4, -0.2) is 26.6 Å². The van der Waals surface area contributed by atoms with Crippen molar-refractivity contribution in [3.63, 3.8) is 0 Å². The Morgan fingerprint density at radius 2 is 2.00 bits per heavy atom. The second kappa shape index (κ2) is 6.03. The smallest absolute Gasteiger partial charge is 0.159 e. The summed E-state index contributed by atoms with van der Waals surface area (Å²) in [6, 6.07) is 5.79. The number of rotatable bonds is 4. The summed E-state index contributed by atoms with van der Waals surface area (Å²) in [7, 11) is 1.90. The van der Waals surface area contributed by atoms with Gasteiger partial charge in [0.15, 0.2) is 6.29 Å². The van der Waals surface area contributed by atoms with E-state index in [1.165, 1.54) is 0 Å². The summed E-state index contributed by atoms with van der Waals surface area (Å²) >= 11 is 11.9. The van der Waals surface area contributed by atoms with Gasteiger partial charge in [0.25, 0.3) is 0 Å². The Morgan fingerprint density at radius 3 is 2.59 bits per heavy atom. The maximum atomic E-state index is 6.01. The van der Waals surface area contributed by atoms with Crippen LogP contribution in [0.2, 0.25) is 10.0 Å². The quantitative estimate of drug-likeness (QED) is 0.917. The van der Waals surface area contributed by atoms with Crippen molar-refractivity contribution in [2.75, 3.05) is 20.3 Å². The molecule has 2 rings (SSSR count). The molecule has 0 aliphatic carbocycles. The minimum Gasteiger partial charge on any atom is -0.350 e. The molecule has 0 saturated carbocycles. The average Bonchev–Trinajstić information content (AvgIpc) is 2.82. The van der Waals surface area contributed by atoms with E-state index in [-0.39, 0.29) is 12.3 Å². The summed E-state index contributed by atoms with van der Waals surface area (Å²) in [5, 5.41) is 4.37. The number of halogens is 2. The van der Waals surface area contributed by atoms with Crippen LogP contribution in [0.5, 0.6) is 0 Å². The van der Waals surface area contributed by atoms with Gasteiger partial charge in [-0.15, -0.1) is 0 Å². The Kier molecular flexibility index (Phi) is 4.65. The third-order valence-corrected chi connectivity index (χ3v) is 3.55. The molecule has 1 heterocycles. The van der Waals surface area contributed by atoms with Gasteiger partial charge in [-0.2, -0.15) is 0 Å². The van der Waals surface area contributed by atoms with Gasteiger partial charge in [0.2, 0.25) is 0 Å². The van der Waals surface area contributed by atoms with Gasteiger partial charge >= 0.3 is 0 Å². The van der Waals surface area contributed by atoms with Gasteiger partial charge < -0.3 is 14.8 Å². The van der Waals surface area contributed by atoms with Crippen LogP contribution >= 0.6 is 23.2 Å². The molecule has 1 aromatic carbocycles. The molecule has 1 saturated heterocycles. The lowest BCUT2D eigenvalue weighted by Crippen LogP contribution is -2.23. The van der Waals surface area contributed by atoms with E-state index < -0.39 is 0 Å². The topological polar surface area (TPSA) is 30.5 Å². The fourth-order valence-corrected chi connectivity index (χ4v) is 2.19. The van der Waals surface area contributed by atoms with Gasteiger partial charge in [-0.1, -0.05) is 29.3 Å². The van der Waals surface area contributed by atoms with Gasteiger partial charge in [-0.25, -0.2) is 0 Å². The molecule has 1 N–H and O–H groups in total. The molecule has 17 heavy (non-hydrogen) atoms. The number of ether oxygens (including phenoxy) is 2. The third kappa shape index (κ3) is 3.33. The first-order valence-corrected chi connectivity index (χ1v) is 6.31. The second-order valence-corrected chi connectivity index (χ2v) is 4.74. The van der Waals surface area contributed by atoms with Gasteiger partial charge in [0.1, 0.15) is 0 Å². The zero-order valence-corrected chi connectivity index (χ0v) is 11.1. The number of hydrogen-bond acceptors (Lipinski definition) is 3. The van der Waals surface area contributed by atoms with Crippen molar-refractivity contribution >= 4 is 23.2 Å². The summed E-state index contributed by atoms with van der Waals surface area (Å²) in [5.74, 6) is 0. The lowest BCUT2D eigenvalue weighted by atomic mass is 10.0.